The first-order valence-electron chi connectivity index (χ1n) is 11.4. The van der Waals surface area contributed by atoms with Crippen molar-refractivity contribution >= 4 is 5.97 Å². The Kier molecular flexibility index (Phi) is 7.53. The fraction of sp³-hybridized carbons (Fsp3) is 0.583. The third-order valence-corrected chi connectivity index (χ3v) is 6.60. The molecule has 9 heteroatoms. The van der Waals surface area contributed by atoms with Gasteiger partial charge in [-0.3, -0.25) is 14.9 Å². The number of fused-ring (bicyclic) bond motifs is 2. The Hall–Kier alpha value is -3.19. The first-order valence-corrected chi connectivity index (χ1v) is 11.4. The molecule has 2 aliphatic rings. The minimum atomic E-state index is -0.813. The topological polar surface area (TPSA) is 131 Å². The van der Waals surface area contributed by atoms with Crippen LogP contribution in [0.5, 0.6) is 5.88 Å². The van der Waals surface area contributed by atoms with E-state index in [0.29, 0.717) is 6.42 Å². The van der Waals surface area contributed by atoms with E-state index in [-0.39, 0.29) is 42.5 Å². The van der Waals surface area contributed by atoms with E-state index in [1.165, 1.54) is 5.57 Å². The van der Waals surface area contributed by atoms with Crippen LogP contribution < -0.4 is 4.74 Å². The van der Waals surface area contributed by atoms with Gasteiger partial charge in [-0.2, -0.15) is 0 Å². The molecule has 0 aromatic carbocycles. The Morgan fingerprint density at radius 3 is 2.82 bits per heavy atom. The zero-order valence-electron chi connectivity index (χ0n) is 19.6. The Labute approximate surface area is 193 Å². The molecule has 0 radical (unpaired) electrons. The highest BCUT2D eigenvalue weighted by Crippen LogP contribution is 2.58. The molecule has 0 aliphatic heterocycles. The van der Waals surface area contributed by atoms with Crippen molar-refractivity contribution in [2.75, 3.05) is 6.54 Å². The Morgan fingerprint density at radius 1 is 1.48 bits per heavy atom. The maximum Gasteiger partial charge on any atom is 0.313 e. The van der Waals surface area contributed by atoms with Gasteiger partial charge in [0, 0.05) is 28.0 Å². The maximum atomic E-state index is 12.4. The van der Waals surface area contributed by atoms with E-state index in [4.69, 9.17) is 4.74 Å². The van der Waals surface area contributed by atoms with Crippen LogP contribution in [0, 0.1) is 33.8 Å². The summed E-state index contributed by atoms with van der Waals surface area (Å²) < 4.78 is 5.37. The molecule has 0 saturated heterocycles. The predicted molar refractivity (Wildman–Crippen MR) is 124 cm³/mol. The van der Waals surface area contributed by atoms with Crippen LogP contribution in [0.15, 0.2) is 46.7 Å². The number of hydrogen-bond donors (Lipinski definition) is 0. The van der Waals surface area contributed by atoms with E-state index in [0.717, 1.165) is 24.0 Å². The number of carbonyl (C=O) groups excluding carboxylic acids is 1. The number of azide groups is 1. The third-order valence-electron chi connectivity index (χ3n) is 6.60. The minimum Gasteiger partial charge on any atom is -0.407 e. The number of aromatic nitrogens is 1. The smallest absolute Gasteiger partial charge is 0.313 e. The van der Waals surface area contributed by atoms with Gasteiger partial charge in [0.05, 0.1) is 12.0 Å². The first kappa shape index (κ1) is 24.5. The van der Waals surface area contributed by atoms with Crippen molar-refractivity contribution in [2.45, 2.75) is 58.9 Å². The normalized spacial score (nSPS) is 26.0. The summed E-state index contributed by atoms with van der Waals surface area (Å²) in [4.78, 5) is 30.5. The van der Waals surface area contributed by atoms with Crippen molar-refractivity contribution in [3.05, 3.63) is 67.7 Å². The molecular weight excluding hydrogens is 422 g/mol. The molecule has 33 heavy (non-hydrogen) atoms. The summed E-state index contributed by atoms with van der Waals surface area (Å²) in [6.07, 6.45) is 8.19. The van der Waals surface area contributed by atoms with Crippen molar-refractivity contribution in [3.8, 4) is 5.88 Å². The van der Waals surface area contributed by atoms with E-state index in [2.05, 4.69) is 28.0 Å². The molecule has 9 nitrogen and oxygen atoms in total. The van der Waals surface area contributed by atoms with Crippen LogP contribution in [-0.2, 0) is 10.3 Å². The number of rotatable bonds is 9. The van der Waals surface area contributed by atoms with Crippen LogP contribution >= 0.6 is 0 Å². The monoisotopic (exact) mass is 453 g/mol. The number of esters is 1. The average molecular weight is 454 g/mol. The summed E-state index contributed by atoms with van der Waals surface area (Å²) >= 11 is 0. The van der Waals surface area contributed by atoms with Crippen LogP contribution in [0.1, 0.15) is 58.9 Å². The zero-order valence-corrected chi connectivity index (χ0v) is 19.6. The van der Waals surface area contributed by atoms with Crippen molar-refractivity contribution < 1.29 is 14.5 Å². The van der Waals surface area contributed by atoms with E-state index >= 15 is 0 Å². The van der Waals surface area contributed by atoms with Crippen LogP contribution in [0.2, 0.25) is 0 Å². The van der Waals surface area contributed by atoms with Crippen LogP contribution in [-0.4, -0.2) is 22.4 Å². The van der Waals surface area contributed by atoms with Gasteiger partial charge in [0.2, 0.25) is 12.4 Å². The molecular formula is C24H31N5O4. The molecule has 4 atom stereocenters. The van der Waals surface area contributed by atoms with Gasteiger partial charge in [0.15, 0.2) is 0 Å². The lowest BCUT2D eigenvalue weighted by atomic mass is 9.77. The SMILES string of the molecule is C/C=C1\C2C=C(C)CC(C2)C1(N=[N+]=[N-])c1ccc(OC(=O)C[C@H](CC(C)C)C[N+](=O)[O-])nc1. The average Bonchev–Trinajstić information content (AvgIpc) is 2.94. The van der Waals surface area contributed by atoms with E-state index < -0.39 is 16.4 Å². The summed E-state index contributed by atoms with van der Waals surface area (Å²) in [5.41, 5.74) is 11.7. The largest absolute Gasteiger partial charge is 0.407 e. The summed E-state index contributed by atoms with van der Waals surface area (Å²) in [7, 11) is 0. The van der Waals surface area contributed by atoms with Crippen LogP contribution in [0.25, 0.3) is 10.4 Å². The highest BCUT2D eigenvalue weighted by atomic mass is 16.6. The van der Waals surface area contributed by atoms with Crippen molar-refractivity contribution in [1.82, 2.24) is 4.98 Å². The van der Waals surface area contributed by atoms with Gasteiger partial charge in [-0.05, 0) is 62.0 Å². The maximum absolute atomic E-state index is 12.4. The highest BCUT2D eigenvalue weighted by molar-refractivity contribution is 5.72. The van der Waals surface area contributed by atoms with Crippen molar-refractivity contribution in [3.63, 3.8) is 0 Å². The number of carbonyl (C=O) groups is 1. The zero-order chi connectivity index (χ0) is 24.2. The summed E-state index contributed by atoms with van der Waals surface area (Å²) in [5, 5.41) is 15.2. The van der Waals surface area contributed by atoms with Crippen molar-refractivity contribution in [2.24, 2.45) is 28.8 Å². The lowest BCUT2D eigenvalue weighted by molar-refractivity contribution is -0.488. The number of ether oxygens (including phenoxy) is 1. The molecule has 1 fully saturated rings. The number of pyridine rings is 1. The molecule has 176 valence electrons. The lowest BCUT2D eigenvalue weighted by Crippen LogP contribution is -2.30. The summed E-state index contributed by atoms with van der Waals surface area (Å²) in [5.74, 6) is -0.188. The Balaban J connectivity index is 1.79. The highest BCUT2D eigenvalue weighted by Gasteiger charge is 2.52. The second kappa shape index (κ2) is 10.2. The van der Waals surface area contributed by atoms with Gasteiger partial charge in [-0.25, -0.2) is 4.98 Å². The Morgan fingerprint density at radius 2 is 2.24 bits per heavy atom. The standard InChI is InChI=1S/C24H31N5O4/c1-5-21-18-9-16(4)10-20(12-18)24(21,27-28-25)19-6-7-22(26-13-19)33-23(30)11-17(8-15(2)3)14-29(31)32/h5-7,9,13,15,17-18,20H,8,10-12,14H2,1-4H3/b21-5+/t17-,18?,20?,24?/m0/s1. The molecule has 0 spiro atoms. The fourth-order valence-electron chi connectivity index (χ4n) is 5.58. The molecule has 1 saturated carbocycles. The van der Waals surface area contributed by atoms with Gasteiger partial charge in [-0.15, -0.1) is 0 Å². The molecule has 0 N–H and O–H groups in total. The molecule has 1 heterocycles. The van der Waals surface area contributed by atoms with Gasteiger partial charge in [0.25, 0.3) is 0 Å². The fourth-order valence-corrected chi connectivity index (χ4v) is 5.58. The molecule has 2 aliphatic carbocycles. The molecule has 3 rings (SSSR count). The van der Waals surface area contributed by atoms with E-state index in [1.54, 1.807) is 18.3 Å². The lowest BCUT2D eigenvalue weighted by Gasteiger charge is -2.32. The van der Waals surface area contributed by atoms with Crippen LogP contribution in [0.4, 0.5) is 0 Å². The van der Waals surface area contributed by atoms with Crippen LogP contribution in [0.3, 0.4) is 0 Å². The van der Waals surface area contributed by atoms with E-state index in [9.17, 15) is 20.4 Å². The molecule has 2 bridgehead atoms. The predicted octanol–water partition coefficient (Wildman–Crippen LogP) is 5.75. The molecule has 1 aromatic heterocycles. The van der Waals surface area contributed by atoms with Gasteiger partial charge < -0.3 is 4.74 Å². The first-order chi connectivity index (χ1) is 15.7. The molecule has 0 amide bonds. The molecule has 3 unspecified atom stereocenters. The second-order valence-corrected chi connectivity index (χ2v) is 9.53. The number of hydrogen-bond acceptors (Lipinski definition) is 6. The summed E-state index contributed by atoms with van der Waals surface area (Å²) in [6.45, 7) is 7.72. The number of allylic oxidation sites excluding steroid dienone is 3. The minimum absolute atomic E-state index is 0.0390. The van der Waals surface area contributed by atoms with Gasteiger partial charge >= 0.3 is 5.97 Å². The second-order valence-electron chi connectivity index (χ2n) is 9.53. The van der Waals surface area contributed by atoms with Gasteiger partial charge in [0.1, 0.15) is 0 Å². The van der Waals surface area contributed by atoms with Crippen molar-refractivity contribution in [1.29, 1.82) is 0 Å². The van der Waals surface area contributed by atoms with Gasteiger partial charge in [-0.1, -0.05) is 48.3 Å². The van der Waals surface area contributed by atoms with E-state index in [1.807, 2.05) is 26.8 Å². The summed E-state index contributed by atoms with van der Waals surface area (Å²) in [6, 6.07) is 3.40. The molecule has 1 aromatic rings. The Bertz CT molecular complexity index is 1010. The third kappa shape index (κ3) is 5.25. The number of nitro groups is 1. The number of nitrogens with zero attached hydrogens (tertiary/aromatic N) is 5. The quantitative estimate of drug-likeness (QED) is 0.0892.